The van der Waals surface area contributed by atoms with Crippen molar-refractivity contribution in [3.8, 4) is 0 Å². The van der Waals surface area contributed by atoms with Crippen LogP contribution in [0.3, 0.4) is 0 Å². The van der Waals surface area contributed by atoms with Crippen molar-refractivity contribution < 1.29 is 9.59 Å². The Morgan fingerprint density at radius 2 is 1.87 bits per heavy atom. The second-order valence-corrected chi connectivity index (χ2v) is 10.1. The van der Waals surface area contributed by atoms with Gasteiger partial charge in [-0.15, -0.1) is 0 Å². The minimum atomic E-state index is -0.689. The zero-order valence-electron chi connectivity index (χ0n) is 20.7. The molecule has 1 saturated heterocycles. The van der Waals surface area contributed by atoms with Gasteiger partial charge in [0.25, 0.3) is 17.4 Å². The van der Waals surface area contributed by atoms with Crippen molar-refractivity contribution in [1.29, 1.82) is 0 Å². The number of amides is 2. The number of nitrogens with two attached hydrogens (primary N) is 1. The van der Waals surface area contributed by atoms with Gasteiger partial charge in [0, 0.05) is 47.8 Å². The Kier molecular flexibility index (Phi) is 7.78. The molecule has 10 nitrogen and oxygen atoms in total. The quantitative estimate of drug-likeness (QED) is 0.278. The average Bonchev–Trinajstić information content (AvgIpc) is 2.92. The molecule has 2 amide bonds. The van der Waals surface area contributed by atoms with E-state index in [4.69, 9.17) is 28.9 Å². The lowest BCUT2D eigenvalue weighted by Crippen LogP contribution is -2.40. The van der Waals surface area contributed by atoms with Crippen LogP contribution in [0.2, 0.25) is 10.0 Å². The molecule has 3 heterocycles. The zero-order chi connectivity index (χ0) is 27.5. The number of rotatable bonds is 6. The topological polar surface area (TPSA) is 146 Å². The summed E-state index contributed by atoms with van der Waals surface area (Å²) < 4.78 is 0. The molecule has 0 aliphatic carbocycles. The van der Waals surface area contributed by atoms with Crippen molar-refractivity contribution in [2.45, 2.75) is 25.4 Å². The summed E-state index contributed by atoms with van der Waals surface area (Å²) in [5.74, 6) is -0.556. The number of nitrogens with zero attached hydrogens (tertiary/aromatic N) is 3. The van der Waals surface area contributed by atoms with Gasteiger partial charge < -0.3 is 26.3 Å². The number of H-pyrrole nitrogens is 1. The number of anilines is 2. The van der Waals surface area contributed by atoms with Crippen molar-refractivity contribution in [3.05, 3.63) is 91.8 Å². The van der Waals surface area contributed by atoms with E-state index in [0.29, 0.717) is 22.0 Å². The maximum atomic E-state index is 13.0. The van der Waals surface area contributed by atoms with Crippen LogP contribution in [-0.4, -0.2) is 45.9 Å². The fourth-order valence-electron chi connectivity index (χ4n) is 4.29. The molecule has 1 aliphatic rings. The van der Waals surface area contributed by atoms with Gasteiger partial charge in [-0.1, -0.05) is 35.3 Å². The average molecular weight is 566 g/mol. The van der Waals surface area contributed by atoms with E-state index in [1.807, 2.05) is 11.0 Å². The summed E-state index contributed by atoms with van der Waals surface area (Å²) in [5.41, 5.74) is 6.85. The van der Waals surface area contributed by atoms with Crippen molar-refractivity contribution in [3.63, 3.8) is 0 Å². The number of benzene rings is 2. The van der Waals surface area contributed by atoms with Crippen LogP contribution in [0.15, 0.2) is 59.5 Å². The number of carbonyl (C=O) groups is 2. The number of aromatic amines is 1. The summed E-state index contributed by atoms with van der Waals surface area (Å²) in [5, 5.41) is 6.71. The molecule has 5 rings (SSSR count). The van der Waals surface area contributed by atoms with Crippen molar-refractivity contribution in [2.24, 2.45) is 5.73 Å². The van der Waals surface area contributed by atoms with Gasteiger partial charge in [0.2, 0.25) is 5.95 Å². The Bertz CT molecular complexity index is 1620. The van der Waals surface area contributed by atoms with E-state index in [2.05, 4.69) is 25.6 Å². The number of piperidine rings is 1. The molecule has 2 aromatic heterocycles. The zero-order valence-corrected chi connectivity index (χ0v) is 22.2. The minimum Gasteiger partial charge on any atom is -0.348 e. The van der Waals surface area contributed by atoms with E-state index in [-0.39, 0.29) is 40.3 Å². The number of nitrogens with one attached hydrogen (secondary N) is 3. The molecule has 0 radical (unpaired) electrons. The van der Waals surface area contributed by atoms with Crippen LogP contribution in [0.5, 0.6) is 0 Å². The third-order valence-electron chi connectivity index (χ3n) is 6.47. The number of fused-ring (bicyclic) bond motifs is 1. The second kappa shape index (κ2) is 11.4. The highest BCUT2D eigenvalue weighted by Gasteiger charge is 2.20. The lowest BCUT2D eigenvalue weighted by Gasteiger charge is -2.30. The first kappa shape index (κ1) is 26.6. The van der Waals surface area contributed by atoms with Crippen LogP contribution in [0.1, 0.15) is 39.1 Å². The first-order chi connectivity index (χ1) is 18.8. The summed E-state index contributed by atoms with van der Waals surface area (Å²) in [6, 6.07) is 13.2. The number of halogens is 2. The van der Waals surface area contributed by atoms with Crippen LogP contribution in [0, 0.1) is 0 Å². The van der Waals surface area contributed by atoms with E-state index in [1.165, 1.54) is 18.2 Å². The SMILES string of the molecule is NC1CCN(c2ncc3cc(C(=O)Nc4cc(C(=O)NCc5cccc(Cl)c5)ccc4Cl)c(=O)[nH]c3n2)CC1. The normalized spacial score (nSPS) is 13.9. The molecular weight excluding hydrogens is 541 g/mol. The van der Waals surface area contributed by atoms with Gasteiger partial charge in [-0.25, -0.2) is 4.98 Å². The van der Waals surface area contributed by atoms with Gasteiger partial charge in [0.1, 0.15) is 11.2 Å². The molecular formula is C27H25Cl2N7O3. The predicted molar refractivity (Wildman–Crippen MR) is 152 cm³/mol. The third-order valence-corrected chi connectivity index (χ3v) is 7.03. The van der Waals surface area contributed by atoms with Crippen LogP contribution < -0.4 is 26.8 Å². The third kappa shape index (κ3) is 6.19. The fraction of sp³-hybridized carbons (Fsp3) is 0.222. The maximum absolute atomic E-state index is 13.0. The Hall–Kier alpha value is -3.99. The first-order valence-corrected chi connectivity index (χ1v) is 13.1. The monoisotopic (exact) mass is 565 g/mol. The van der Waals surface area contributed by atoms with E-state index in [0.717, 1.165) is 31.5 Å². The van der Waals surface area contributed by atoms with Gasteiger partial charge in [-0.3, -0.25) is 14.4 Å². The molecule has 1 fully saturated rings. The van der Waals surface area contributed by atoms with Gasteiger partial charge in [0.05, 0.1) is 10.7 Å². The highest BCUT2D eigenvalue weighted by atomic mass is 35.5. The smallest absolute Gasteiger partial charge is 0.262 e. The highest BCUT2D eigenvalue weighted by Crippen LogP contribution is 2.24. The molecule has 200 valence electrons. The number of hydrogen-bond acceptors (Lipinski definition) is 7. The van der Waals surface area contributed by atoms with Crippen molar-refractivity contribution in [2.75, 3.05) is 23.3 Å². The minimum absolute atomic E-state index is 0.144. The van der Waals surface area contributed by atoms with Crippen LogP contribution in [-0.2, 0) is 6.54 Å². The number of pyridine rings is 1. The van der Waals surface area contributed by atoms with Gasteiger partial charge >= 0.3 is 0 Å². The largest absolute Gasteiger partial charge is 0.348 e. The summed E-state index contributed by atoms with van der Waals surface area (Å²) in [6.45, 7) is 1.73. The summed E-state index contributed by atoms with van der Waals surface area (Å²) in [6.07, 6.45) is 3.24. The lowest BCUT2D eigenvalue weighted by molar-refractivity contribution is 0.0949. The Morgan fingerprint density at radius 1 is 1.08 bits per heavy atom. The lowest BCUT2D eigenvalue weighted by atomic mass is 10.1. The summed E-state index contributed by atoms with van der Waals surface area (Å²) >= 11 is 12.3. The summed E-state index contributed by atoms with van der Waals surface area (Å²) in [7, 11) is 0. The standard InChI is InChI=1S/C27H25Cl2N7O3/c28-18-3-1-2-15(10-18)13-31-24(37)16-4-5-21(29)22(12-16)33-25(38)20-11-17-14-32-27(35-23(17)34-26(20)39)36-8-6-19(30)7-9-36/h1-5,10-12,14,19H,6-9,13,30H2,(H,31,37)(H,33,38)(H,32,34,35,39). The Labute approximate surface area is 233 Å². The molecule has 2 aromatic carbocycles. The van der Waals surface area contributed by atoms with Crippen LogP contribution in [0.4, 0.5) is 11.6 Å². The van der Waals surface area contributed by atoms with Crippen LogP contribution >= 0.6 is 23.2 Å². The highest BCUT2D eigenvalue weighted by molar-refractivity contribution is 6.34. The van der Waals surface area contributed by atoms with E-state index < -0.39 is 11.5 Å². The molecule has 0 bridgehead atoms. The Balaban J connectivity index is 1.31. The summed E-state index contributed by atoms with van der Waals surface area (Å²) in [4.78, 5) is 52.1. The van der Waals surface area contributed by atoms with Crippen molar-refractivity contribution in [1.82, 2.24) is 20.3 Å². The van der Waals surface area contributed by atoms with E-state index in [9.17, 15) is 14.4 Å². The van der Waals surface area contributed by atoms with Gasteiger partial charge in [-0.2, -0.15) is 4.98 Å². The molecule has 0 unspecified atom stereocenters. The molecule has 1 aliphatic heterocycles. The number of hydrogen-bond donors (Lipinski definition) is 4. The molecule has 0 spiro atoms. The first-order valence-electron chi connectivity index (χ1n) is 12.3. The van der Waals surface area contributed by atoms with E-state index in [1.54, 1.807) is 30.5 Å². The molecule has 4 aromatic rings. The van der Waals surface area contributed by atoms with Gasteiger partial charge in [0.15, 0.2) is 0 Å². The molecule has 0 atom stereocenters. The predicted octanol–water partition coefficient (Wildman–Crippen LogP) is 3.73. The molecule has 5 N–H and O–H groups in total. The molecule has 0 saturated carbocycles. The van der Waals surface area contributed by atoms with Crippen molar-refractivity contribution >= 4 is 57.7 Å². The molecule has 39 heavy (non-hydrogen) atoms. The van der Waals surface area contributed by atoms with Gasteiger partial charge in [-0.05, 0) is 54.8 Å². The molecule has 12 heteroatoms. The van der Waals surface area contributed by atoms with Crippen LogP contribution in [0.25, 0.3) is 11.0 Å². The Morgan fingerprint density at radius 3 is 2.64 bits per heavy atom. The second-order valence-electron chi connectivity index (χ2n) is 9.27. The fourth-order valence-corrected chi connectivity index (χ4v) is 4.66. The van der Waals surface area contributed by atoms with E-state index >= 15 is 0 Å². The number of carbonyl (C=O) groups excluding carboxylic acids is 2. The maximum Gasteiger partial charge on any atom is 0.262 e. The number of aromatic nitrogens is 3.